The van der Waals surface area contributed by atoms with Crippen molar-refractivity contribution in [2.75, 3.05) is 5.32 Å². The van der Waals surface area contributed by atoms with E-state index in [1.807, 2.05) is 0 Å². The Labute approximate surface area is 109 Å². The Morgan fingerprint density at radius 1 is 1.42 bits per heavy atom. The molecule has 1 aliphatic heterocycles. The molecule has 1 aliphatic rings. The van der Waals surface area contributed by atoms with Crippen LogP contribution in [0.3, 0.4) is 0 Å². The molecule has 0 saturated carbocycles. The zero-order chi connectivity index (χ0) is 14.0. The average Bonchev–Trinajstić information content (AvgIpc) is 2.37. The van der Waals surface area contributed by atoms with Crippen LogP contribution in [-0.2, 0) is 14.4 Å². The minimum Gasteiger partial charge on any atom is -0.480 e. The van der Waals surface area contributed by atoms with Gasteiger partial charge < -0.3 is 15.7 Å². The van der Waals surface area contributed by atoms with E-state index in [4.69, 9.17) is 5.11 Å². The highest BCUT2D eigenvalue weighted by Crippen LogP contribution is 2.31. The standard InChI is InChI=1S/C13H14N2O4/c1-7(13(18)19)14-12(17)9-6-11(16)15-10-5-3-2-4-8(9)10/h2-5,7,9H,6H2,1H3,(H,14,17)(H,15,16)(H,18,19). The van der Waals surface area contributed by atoms with Gasteiger partial charge in [-0.1, -0.05) is 18.2 Å². The minimum absolute atomic E-state index is 0.0230. The van der Waals surface area contributed by atoms with Crippen LogP contribution in [0.2, 0.25) is 0 Å². The summed E-state index contributed by atoms with van der Waals surface area (Å²) < 4.78 is 0. The molecule has 0 saturated heterocycles. The first kappa shape index (κ1) is 13.1. The first-order valence-electron chi connectivity index (χ1n) is 5.91. The van der Waals surface area contributed by atoms with E-state index in [-0.39, 0.29) is 12.3 Å². The molecule has 2 unspecified atom stereocenters. The topological polar surface area (TPSA) is 95.5 Å². The summed E-state index contributed by atoms with van der Waals surface area (Å²) in [6, 6.07) is 6.03. The van der Waals surface area contributed by atoms with E-state index in [9.17, 15) is 14.4 Å². The molecule has 0 bridgehead atoms. The van der Waals surface area contributed by atoms with E-state index >= 15 is 0 Å². The molecule has 6 nitrogen and oxygen atoms in total. The summed E-state index contributed by atoms with van der Waals surface area (Å²) in [5, 5.41) is 13.9. The number of benzene rings is 1. The minimum atomic E-state index is -1.11. The van der Waals surface area contributed by atoms with E-state index in [2.05, 4.69) is 10.6 Å². The Bertz CT molecular complexity index is 541. The van der Waals surface area contributed by atoms with Gasteiger partial charge in [0.15, 0.2) is 0 Å². The van der Waals surface area contributed by atoms with Crippen molar-refractivity contribution >= 4 is 23.5 Å². The van der Waals surface area contributed by atoms with Crippen LogP contribution >= 0.6 is 0 Å². The van der Waals surface area contributed by atoms with Gasteiger partial charge in [0.05, 0.1) is 5.92 Å². The molecule has 2 atom stereocenters. The molecule has 3 N–H and O–H groups in total. The number of fused-ring (bicyclic) bond motifs is 1. The smallest absolute Gasteiger partial charge is 0.325 e. The van der Waals surface area contributed by atoms with Gasteiger partial charge in [-0.05, 0) is 18.6 Å². The lowest BCUT2D eigenvalue weighted by molar-refractivity contribution is -0.141. The number of aliphatic carboxylic acids is 1. The highest BCUT2D eigenvalue weighted by molar-refractivity contribution is 6.01. The predicted molar refractivity (Wildman–Crippen MR) is 67.7 cm³/mol. The van der Waals surface area contributed by atoms with Gasteiger partial charge in [-0.15, -0.1) is 0 Å². The van der Waals surface area contributed by atoms with E-state index in [0.29, 0.717) is 11.3 Å². The molecule has 0 spiro atoms. The van der Waals surface area contributed by atoms with Gasteiger partial charge in [-0.25, -0.2) is 0 Å². The van der Waals surface area contributed by atoms with Crippen molar-refractivity contribution in [3.63, 3.8) is 0 Å². The highest BCUT2D eigenvalue weighted by atomic mass is 16.4. The maximum absolute atomic E-state index is 12.1. The second kappa shape index (κ2) is 5.09. The summed E-state index contributed by atoms with van der Waals surface area (Å²) in [4.78, 5) is 34.4. The number of carbonyl (C=O) groups excluding carboxylic acids is 2. The number of hydrogen-bond donors (Lipinski definition) is 3. The number of anilines is 1. The van der Waals surface area contributed by atoms with E-state index in [0.717, 1.165) is 0 Å². The molecule has 19 heavy (non-hydrogen) atoms. The van der Waals surface area contributed by atoms with Crippen LogP contribution in [0.15, 0.2) is 24.3 Å². The molecule has 0 aliphatic carbocycles. The third kappa shape index (κ3) is 2.73. The molecule has 2 rings (SSSR count). The number of nitrogens with one attached hydrogen (secondary N) is 2. The van der Waals surface area contributed by atoms with Gasteiger partial charge in [-0.2, -0.15) is 0 Å². The highest BCUT2D eigenvalue weighted by Gasteiger charge is 2.31. The Hall–Kier alpha value is -2.37. The molecular weight excluding hydrogens is 248 g/mol. The molecule has 0 fully saturated rings. The third-order valence-corrected chi connectivity index (χ3v) is 3.05. The van der Waals surface area contributed by atoms with Crippen LogP contribution < -0.4 is 10.6 Å². The lowest BCUT2D eigenvalue weighted by Crippen LogP contribution is -2.42. The van der Waals surface area contributed by atoms with E-state index < -0.39 is 23.8 Å². The normalized spacial score (nSPS) is 19.0. The van der Waals surface area contributed by atoms with Gasteiger partial charge >= 0.3 is 5.97 Å². The number of carboxylic acids is 1. The summed E-state index contributed by atoms with van der Waals surface area (Å²) in [7, 11) is 0. The second-order valence-electron chi connectivity index (χ2n) is 4.46. The summed E-state index contributed by atoms with van der Waals surface area (Å²) in [6.07, 6.45) is 0.0230. The maximum Gasteiger partial charge on any atom is 0.325 e. The lowest BCUT2D eigenvalue weighted by Gasteiger charge is -2.25. The largest absolute Gasteiger partial charge is 0.480 e. The number of carbonyl (C=O) groups is 3. The number of rotatable bonds is 3. The van der Waals surface area contributed by atoms with Gasteiger partial charge in [0.1, 0.15) is 6.04 Å². The Morgan fingerprint density at radius 3 is 2.79 bits per heavy atom. The van der Waals surface area contributed by atoms with Crippen LogP contribution in [0, 0.1) is 0 Å². The summed E-state index contributed by atoms with van der Waals surface area (Å²) in [6.45, 7) is 1.38. The van der Waals surface area contributed by atoms with Crippen molar-refractivity contribution in [2.45, 2.75) is 25.3 Å². The summed E-state index contributed by atoms with van der Waals surface area (Å²) in [5.74, 6) is -2.45. The van der Waals surface area contributed by atoms with Crippen LogP contribution in [0.25, 0.3) is 0 Å². The number of carboxylic acid groups (broad SMARTS) is 1. The van der Waals surface area contributed by atoms with Crippen LogP contribution in [-0.4, -0.2) is 28.9 Å². The zero-order valence-electron chi connectivity index (χ0n) is 10.3. The molecule has 100 valence electrons. The molecule has 1 heterocycles. The Balaban J connectivity index is 2.23. The van der Waals surface area contributed by atoms with Crippen LogP contribution in [0.4, 0.5) is 5.69 Å². The van der Waals surface area contributed by atoms with Gasteiger partial charge in [0, 0.05) is 12.1 Å². The van der Waals surface area contributed by atoms with Crippen LogP contribution in [0.5, 0.6) is 0 Å². The number of amides is 2. The van der Waals surface area contributed by atoms with Crippen molar-refractivity contribution in [2.24, 2.45) is 0 Å². The Kier molecular flexibility index (Phi) is 3.50. The lowest BCUT2D eigenvalue weighted by atomic mass is 9.89. The third-order valence-electron chi connectivity index (χ3n) is 3.05. The van der Waals surface area contributed by atoms with Gasteiger partial charge in [0.25, 0.3) is 0 Å². The summed E-state index contributed by atoms with van der Waals surface area (Å²) in [5.41, 5.74) is 1.30. The first-order valence-corrected chi connectivity index (χ1v) is 5.91. The maximum atomic E-state index is 12.1. The molecule has 1 aromatic rings. The molecule has 2 amide bonds. The van der Waals surface area contributed by atoms with Crippen molar-refractivity contribution in [3.05, 3.63) is 29.8 Å². The van der Waals surface area contributed by atoms with Gasteiger partial charge in [0.2, 0.25) is 11.8 Å². The SMILES string of the molecule is CC(NC(=O)C1CC(=O)Nc2ccccc21)C(=O)O. The monoisotopic (exact) mass is 262 g/mol. The van der Waals surface area contributed by atoms with Crippen LogP contribution in [0.1, 0.15) is 24.8 Å². The second-order valence-corrected chi connectivity index (χ2v) is 4.46. The van der Waals surface area contributed by atoms with Crippen molar-refractivity contribution in [3.8, 4) is 0 Å². The van der Waals surface area contributed by atoms with E-state index in [1.165, 1.54) is 6.92 Å². The molecule has 0 radical (unpaired) electrons. The summed E-state index contributed by atoms with van der Waals surface area (Å²) >= 11 is 0. The zero-order valence-corrected chi connectivity index (χ0v) is 10.3. The van der Waals surface area contributed by atoms with Crippen molar-refractivity contribution in [1.29, 1.82) is 0 Å². The van der Waals surface area contributed by atoms with E-state index in [1.54, 1.807) is 24.3 Å². The Morgan fingerprint density at radius 2 is 2.11 bits per heavy atom. The first-order chi connectivity index (χ1) is 8.99. The fourth-order valence-electron chi connectivity index (χ4n) is 2.02. The number of hydrogen-bond acceptors (Lipinski definition) is 3. The molecule has 0 aromatic heterocycles. The molecule has 6 heteroatoms. The van der Waals surface area contributed by atoms with Gasteiger partial charge in [-0.3, -0.25) is 14.4 Å². The van der Waals surface area contributed by atoms with Crippen molar-refractivity contribution < 1.29 is 19.5 Å². The quantitative estimate of drug-likeness (QED) is 0.747. The molecular formula is C13H14N2O4. The fourth-order valence-corrected chi connectivity index (χ4v) is 2.02. The fraction of sp³-hybridized carbons (Fsp3) is 0.308. The van der Waals surface area contributed by atoms with Crippen molar-refractivity contribution in [1.82, 2.24) is 5.32 Å². The average molecular weight is 262 g/mol. The predicted octanol–water partition coefficient (Wildman–Crippen LogP) is 0.702. The molecule has 1 aromatic carbocycles. The number of para-hydroxylation sites is 1.